The molecule has 2 aromatic carbocycles. The van der Waals surface area contributed by atoms with Crippen LogP contribution in [-0.4, -0.2) is 16.8 Å². The van der Waals surface area contributed by atoms with Crippen molar-refractivity contribution in [2.24, 2.45) is 0 Å². The number of nitrogens with one attached hydrogen (secondary N) is 2. The minimum Gasteiger partial charge on any atom is -0.344 e. The van der Waals surface area contributed by atoms with E-state index in [-0.39, 0.29) is 17.9 Å². The highest BCUT2D eigenvalue weighted by atomic mass is 32.1. The van der Waals surface area contributed by atoms with Gasteiger partial charge in [-0.25, -0.2) is 4.98 Å². The van der Waals surface area contributed by atoms with Crippen molar-refractivity contribution in [2.75, 3.05) is 5.32 Å². The van der Waals surface area contributed by atoms with Crippen LogP contribution >= 0.6 is 11.3 Å². The number of anilines is 1. The van der Waals surface area contributed by atoms with Gasteiger partial charge in [-0.3, -0.25) is 14.9 Å². The van der Waals surface area contributed by atoms with Gasteiger partial charge in [0, 0.05) is 5.56 Å². The van der Waals surface area contributed by atoms with E-state index in [1.54, 1.807) is 19.1 Å². The fourth-order valence-electron chi connectivity index (χ4n) is 3.47. The smallest absolute Gasteiger partial charge is 0.263 e. The second-order valence-corrected chi connectivity index (χ2v) is 8.02. The van der Waals surface area contributed by atoms with E-state index in [9.17, 15) is 9.59 Å². The minimum absolute atomic E-state index is 0.0239. The molecule has 1 aliphatic rings. The Kier molecular flexibility index (Phi) is 4.96. The number of nitrogens with zero attached hydrogens (tertiary/aromatic N) is 1. The van der Waals surface area contributed by atoms with Crippen LogP contribution in [0, 0.1) is 13.8 Å². The van der Waals surface area contributed by atoms with Gasteiger partial charge in [-0.05, 0) is 49.9 Å². The molecule has 0 spiro atoms. The number of carbonyl (C=O) groups excluding carboxylic acids is 2. The van der Waals surface area contributed by atoms with Gasteiger partial charge < -0.3 is 5.32 Å². The lowest BCUT2D eigenvalue weighted by atomic mass is 10.1. The van der Waals surface area contributed by atoms with Gasteiger partial charge in [-0.15, -0.1) is 0 Å². The van der Waals surface area contributed by atoms with Crippen molar-refractivity contribution in [3.8, 4) is 0 Å². The summed E-state index contributed by atoms with van der Waals surface area (Å²) in [5.41, 5.74) is 4.75. The molecule has 0 bridgehead atoms. The molecule has 1 aliphatic carbocycles. The van der Waals surface area contributed by atoms with Gasteiger partial charge in [0.15, 0.2) is 5.13 Å². The van der Waals surface area contributed by atoms with E-state index in [1.165, 1.54) is 22.5 Å². The van der Waals surface area contributed by atoms with Gasteiger partial charge in [-0.1, -0.05) is 53.3 Å². The molecule has 5 nitrogen and oxygen atoms in total. The number of carbonyl (C=O) groups is 2. The first-order valence-corrected chi connectivity index (χ1v) is 10.1. The summed E-state index contributed by atoms with van der Waals surface area (Å²) in [4.78, 5) is 30.1. The molecule has 4 rings (SSSR count). The summed E-state index contributed by atoms with van der Waals surface area (Å²) >= 11 is 1.20. The first kappa shape index (κ1) is 18.4. The molecule has 1 aromatic heterocycles. The highest BCUT2D eigenvalue weighted by molar-refractivity contribution is 7.17. The molecule has 1 unspecified atom stereocenters. The van der Waals surface area contributed by atoms with E-state index >= 15 is 0 Å². The van der Waals surface area contributed by atoms with Crippen molar-refractivity contribution in [3.05, 3.63) is 81.4 Å². The monoisotopic (exact) mass is 391 g/mol. The summed E-state index contributed by atoms with van der Waals surface area (Å²) in [7, 11) is 0. The molecule has 0 saturated carbocycles. The van der Waals surface area contributed by atoms with Crippen LogP contribution in [-0.2, 0) is 6.42 Å². The average molecular weight is 391 g/mol. The highest BCUT2D eigenvalue weighted by Crippen LogP contribution is 2.32. The van der Waals surface area contributed by atoms with E-state index in [1.807, 2.05) is 31.2 Å². The van der Waals surface area contributed by atoms with Crippen LogP contribution in [0.1, 0.15) is 54.9 Å². The fourth-order valence-corrected chi connectivity index (χ4v) is 4.33. The van der Waals surface area contributed by atoms with Crippen molar-refractivity contribution < 1.29 is 9.59 Å². The SMILES string of the molecule is Cc1ccc(C(=O)Nc2nc(C)c(C(=O)NC3CCc4ccccc43)s2)cc1. The van der Waals surface area contributed by atoms with E-state index in [0.29, 0.717) is 21.3 Å². The predicted molar refractivity (Wildman–Crippen MR) is 111 cm³/mol. The maximum atomic E-state index is 12.8. The standard InChI is InChI=1S/C22H21N3O2S/c1-13-7-9-16(10-8-13)20(26)25-22-23-14(2)19(28-22)21(27)24-18-12-11-15-5-3-4-6-17(15)18/h3-10,18H,11-12H2,1-2H3,(H,24,27)(H,23,25,26). The second kappa shape index (κ2) is 7.56. The van der Waals surface area contributed by atoms with Crippen molar-refractivity contribution in [1.29, 1.82) is 0 Å². The molecule has 0 aliphatic heterocycles. The third-order valence-electron chi connectivity index (χ3n) is 4.98. The number of hydrogen-bond donors (Lipinski definition) is 2. The molecule has 3 aromatic rings. The zero-order chi connectivity index (χ0) is 19.7. The minimum atomic E-state index is -0.231. The molecule has 1 atom stereocenters. The second-order valence-electron chi connectivity index (χ2n) is 7.02. The van der Waals surface area contributed by atoms with Gasteiger partial charge in [0.25, 0.3) is 11.8 Å². The third-order valence-corrected chi connectivity index (χ3v) is 6.05. The van der Waals surface area contributed by atoms with Gasteiger partial charge in [0.1, 0.15) is 4.88 Å². The quantitative estimate of drug-likeness (QED) is 0.691. The van der Waals surface area contributed by atoms with Crippen LogP contribution in [0.15, 0.2) is 48.5 Å². The van der Waals surface area contributed by atoms with Crippen molar-refractivity contribution in [3.63, 3.8) is 0 Å². The zero-order valence-corrected chi connectivity index (χ0v) is 16.6. The average Bonchev–Trinajstić information content (AvgIpc) is 3.26. The van der Waals surface area contributed by atoms with Crippen LogP contribution in [0.4, 0.5) is 5.13 Å². The Labute approximate surface area is 167 Å². The van der Waals surface area contributed by atoms with E-state index in [4.69, 9.17) is 0 Å². The lowest BCUT2D eigenvalue weighted by molar-refractivity contribution is 0.0939. The summed E-state index contributed by atoms with van der Waals surface area (Å²) < 4.78 is 0. The van der Waals surface area contributed by atoms with Gasteiger partial charge >= 0.3 is 0 Å². The number of benzene rings is 2. The predicted octanol–water partition coefficient (Wildman–Crippen LogP) is 4.43. The number of rotatable bonds is 4. The van der Waals surface area contributed by atoms with Gasteiger partial charge in [0.2, 0.25) is 0 Å². The Morgan fingerprint density at radius 1 is 1.04 bits per heavy atom. The topological polar surface area (TPSA) is 71.1 Å². The third kappa shape index (κ3) is 3.68. The van der Waals surface area contributed by atoms with E-state index in [2.05, 4.69) is 27.8 Å². The molecule has 28 heavy (non-hydrogen) atoms. The Bertz CT molecular complexity index is 1040. The lowest BCUT2D eigenvalue weighted by Gasteiger charge is -2.13. The molecule has 0 fully saturated rings. The highest BCUT2D eigenvalue weighted by Gasteiger charge is 2.25. The Hall–Kier alpha value is -2.99. The van der Waals surface area contributed by atoms with Crippen LogP contribution < -0.4 is 10.6 Å². The van der Waals surface area contributed by atoms with Crippen LogP contribution in [0.2, 0.25) is 0 Å². The molecular weight excluding hydrogens is 370 g/mol. The molecule has 142 valence electrons. The molecule has 0 saturated heterocycles. The van der Waals surface area contributed by atoms with Crippen LogP contribution in [0.25, 0.3) is 0 Å². The molecule has 1 heterocycles. The zero-order valence-electron chi connectivity index (χ0n) is 15.8. The molecule has 6 heteroatoms. The largest absolute Gasteiger partial charge is 0.344 e. The molecule has 2 N–H and O–H groups in total. The Morgan fingerprint density at radius 2 is 1.79 bits per heavy atom. The Morgan fingerprint density at radius 3 is 2.57 bits per heavy atom. The van der Waals surface area contributed by atoms with E-state index < -0.39 is 0 Å². The van der Waals surface area contributed by atoms with Crippen molar-refractivity contribution in [2.45, 2.75) is 32.7 Å². The van der Waals surface area contributed by atoms with Crippen molar-refractivity contribution in [1.82, 2.24) is 10.3 Å². The fraction of sp³-hybridized carbons (Fsp3) is 0.227. The van der Waals surface area contributed by atoms with Crippen LogP contribution in [0.5, 0.6) is 0 Å². The van der Waals surface area contributed by atoms with Crippen molar-refractivity contribution >= 4 is 28.3 Å². The number of hydrogen-bond acceptors (Lipinski definition) is 4. The number of aryl methyl sites for hydroxylation is 3. The van der Waals surface area contributed by atoms with Crippen LogP contribution in [0.3, 0.4) is 0 Å². The Balaban J connectivity index is 1.46. The number of amides is 2. The van der Waals surface area contributed by atoms with Gasteiger partial charge in [-0.2, -0.15) is 0 Å². The summed E-state index contributed by atoms with van der Waals surface area (Å²) in [6.07, 6.45) is 1.88. The van der Waals surface area contributed by atoms with Gasteiger partial charge in [0.05, 0.1) is 11.7 Å². The summed E-state index contributed by atoms with van der Waals surface area (Å²) in [6.45, 7) is 3.76. The lowest BCUT2D eigenvalue weighted by Crippen LogP contribution is -2.26. The summed E-state index contributed by atoms with van der Waals surface area (Å²) in [5, 5.41) is 6.34. The number of fused-ring (bicyclic) bond motifs is 1. The van der Waals surface area contributed by atoms with E-state index in [0.717, 1.165) is 18.4 Å². The maximum Gasteiger partial charge on any atom is 0.263 e. The molecule has 0 radical (unpaired) electrons. The normalized spacial score (nSPS) is 15.1. The maximum absolute atomic E-state index is 12.8. The summed E-state index contributed by atoms with van der Waals surface area (Å²) in [5.74, 6) is -0.377. The molecular formula is C22H21N3O2S. The first-order chi connectivity index (χ1) is 13.5. The molecule has 2 amide bonds. The summed E-state index contributed by atoms with van der Waals surface area (Å²) in [6, 6.07) is 15.6. The number of thiazole rings is 1. The number of aromatic nitrogens is 1. The first-order valence-electron chi connectivity index (χ1n) is 9.25.